The highest BCUT2D eigenvalue weighted by atomic mass is 35.5. The van der Waals surface area contributed by atoms with Gasteiger partial charge in [0.1, 0.15) is 11.3 Å². The molecule has 0 amide bonds. The smallest absolute Gasteiger partial charge is 0.336 e. The molecular formula is C21H17ClN4O4. The van der Waals surface area contributed by atoms with Crippen LogP contribution in [0.15, 0.2) is 66.7 Å². The van der Waals surface area contributed by atoms with E-state index in [9.17, 15) is 14.7 Å². The van der Waals surface area contributed by atoms with Gasteiger partial charge in [0.15, 0.2) is 5.69 Å². The van der Waals surface area contributed by atoms with Crippen LogP contribution in [0.1, 0.15) is 16.8 Å². The van der Waals surface area contributed by atoms with Crippen molar-refractivity contribution in [2.75, 3.05) is 0 Å². The number of aryl methyl sites for hydroxylation is 2. The van der Waals surface area contributed by atoms with Gasteiger partial charge in [0.2, 0.25) is 0 Å². The number of H-pyrrole nitrogens is 1. The van der Waals surface area contributed by atoms with E-state index in [0.717, 1.165) is 5.56 Å². The Bertz CT molecular complexity index is 1400. The fourth-order valence-corrected chi connectivity index (χ4v) is 3.31. The number of nitrogens with one attached hydrogen (secondary N) is 1. The number of phenolic OH excluding ortho intramolecular Hbond substituents is 1. The first-order chi connectivity index (χ1) is 14.3. The van der Waals surface area contributed by atoms with Crippen molar-refractivity contribution in [3.05, 3.63) is 85.1 Å². The monoisotopic (exact) mass is 424 g/mol. The molecule has 0 saturated carbocycles. The van der Waals surface area contributed by atoms with Gasteiger partial charge in [0, 0.05) is 16.5 Å². The zero-order chi connectivity index (χ0) is 21.4. The largest absolute Gasteiger partial charge is 0.507 e. The lowest BCUT2D eigenvalue weighted by Crippen LogP contribution is -2.17. The lowest BCUT2D eigenvalue weighted by Gasteiger charge is -2.09. The summed E-state index contributed by atoms with van der Waals surface area (Å²) in [5.74, 6) is -0.0836. The van der Waals surface area contributed by atoms with Crippen molar-refractivity contribution in [3.63, 3.8) is 0 Å². The number of halogens is 1. The van der Waals surface area contributed by atoms with Crippen molar-refractivity contribution in [1.29, 1.82) is 0 Å². The van der Waals surface area contributed by atoms with Crippen LogP contribution in [0.25, 0.3) is 11.0 Å². The van der Waals surface area contributed by atoms with Crippen molar-refractivity contribution in [1.82, 2.24) is 9.78 Å². The number of phenols is 1. The predicted molar refractivity (Wildman–Crippen MR) is 113 cm³/mol. The molecule has 4 rings (SSSR count). The Morgan fingerprint density at radius 2 is 1.83 bits per heavy atom. The quantitative estimate of drug-likeness (QED) is 0.364. The Labute approximate surface area is 175 Å². The van der Waals surface area contributed by atoms with E-state index < -0.39 is 11.2 Å². The fraction of sp³-hybridized carbons (Fsp3) is 0.143. The molecule has 152 valence electrons. The highest BCUT2D eigenvalue weighted by Crippen LogP contribution is 2.29. The molecule has 0 unspecified atom stereocenters. The standard InChI is InChI=1S/C21H17ClN4O4/c1-11-9-18(28)30-20-15(11)7-8-17(27)16(20)10-26-21(29)19(12(2)25-26)24-23-14-5-3-13(22)4-6-14/h3-9,25,27H,10H2,1-2H3. The Hall–Kier alpha value is -3.65. The molecule has 0 aliphatic heterocycles. The Kier molecular flexibility index (Phi) is 5.01. The van der Waals surface area contributed by atoms with E-state index in [-0.39, 0.29) is 23.6 Å². The highest BCUT2D eigenvalue weighted by molar-refractivity contribution is 6.30. The molecule has 0 fully saturated rings. The molecule has 0 aliphatic rings. The number of benzene rings is 2. The van der Waals surface area contributed by atoms with Gasteiger partial charge >= 0.3 is 5.63 Å². The molecule has 30 heavy (non-hydrogen) atoms. The first kappa shape index (κ1) is 19.7. The van der Waals surface area contributed by atoms with E-state index in [4.69, 9.17) is 16.0 Å². The summed E-state index contributed by atoms with van der Waals surface area (Å²) in [6.45, 7) is 3.44. The van der Waals surface area contributed by atoms with Crippen LogP contribution in [0.3, 0.4) is 0 Å². The van der Waals surface area contributed by atoms with Crippen molar-refractivity contribution in [3.8, 4) is 5.75 Å². The second-order valence-electron chi connectivity index (χ2n) is 6.84. The molecule has 2 aromatic carbocycles. The minimum Gasteiger partial charge on any atom is -0.507 e. The van der Waals surface area contributed by atoms with E-state index in [2.05, 4.69) is 15.3 Å². The number of hydrogen-bond acceptors (Lipinski definition) is 6. The number of rotatable bonds is 4. The molecule has 0 spiro atoms. The van der Waals surface area contributed by atoms with Crippen LogP contribution in [0.4, 0.5) is 11.4 Å². The molecule has 4 aromatic rings. The number of aromatic nitrogens is 2. The summed E-state index contributed by atoms with van der Waals surface area (Å²) in [5, 5.41) is 22.7. The van der Waals surface area contributed by atoms with Gasteiger partial charge in [-0.15, -0.1) is 5.11 Å². The second kappa shape index (κ2) is 7.64. The lowest BCUT2D eigenvalue weighted by molar-refractivity contribution is 0.459. The van der Waals surface area contributed by atoms with Gasteiger partial charge in [-0.05, 0) is 55.8 Å². The Morgan fingerprint density at radius 1 is 1.10 bits per heavy atom. The highest BCUT2D eigenvalue weighted by Gasteiger charge is 2.17. The van der Waals surface area contributed by atoms with E-state index in [1.165, 1.54) is 16.8 Å². The average molecular weight is 425 g/mol. The lowest BCUT2D eigenvalue weighted by atomic mass is 10.1. The van der Waals surface area contributed by atoms with E-state index in [1.54, 1.807) is 44.2 Å². The van der Waals surface area contributed by atoms with Gasteiger partial charge in [-0.1, -0.05) is 11.6 Å². The third-order valence-electron chi connectivity index (χ3n) is 4.71. The maximum atomic E-state index is 12.8. The van der Waals surface area contributed by atoms with Crippen LogP contribution >= 0.6 is 11.6 Å². The second-order valence-corrected chi connectivity index (χ2v) is 7.28. The molecule has 2 heterocycles. The van der Waals surface area contributed by atoms with Gasteiger partial charge in [-0.25, -0.2) is 9.48 Å². The Balaban J connectivity index is 1.74. The number of fused-ring (bicyclic) bond motifs is 1. The third-order valence-corrected chi connectivity index (χ3v) is 4.96. The number of aromatic amines is 1. The predicted octanol–water partition coefficient (Wildman–Crippen LogP) is 4.72. The zero-order valence-electron chi connectivity index (χ0n) is 16.1. The molecule has 9 heteroatoms. The Morgan fingerprint density at radius 3 is 2.57 bits per heavy atom. The van der Waals surface area contributed by atoms with Crippen LogP contribution in [-0.4, -0.2) is 14.9 Å². The van der Waals surface area contributed by atoms with Crippen LogP contribution in [0, 0.1) is 13.8 Å². The summed E-state index contributed by atoms with van der Waals surface area (Å²) in [6.07, 6.45) is 0. The average Bonchev–Trinajstić information content (AvgIpc) is 2.96. The summed E-state index contributed by atoms with van der Waals surface area (Å²) in [7, 11) is 0. The first-order valence-electron chi connectivity index (χ1n) is 9.05. The molecular weight excluding hydrogens is 408 g/mol. The van der Waals surface area contributed by atoms with Crippen molar-refractivity contribution < 1.29 is 9.52 Å². The molecule has 0 aliphatic carbocycles. The van der Waals surface area contributed by atoms with Gasteiger partial charge in [0.05, 0.1) is 23.5 Å². The van der Waals surface area contributed by atoms with Gasteiger partial charge in [-0.3, -0.25) is 9.89 Å². The van der Waals surface area contributed by atoms with Crippen molar-refractivity contribution in [2.45, 2.75) is 20.4 Å². The summed E-state index contributed by atoms with van der Waals surface area (Å²) in [6, 6.07) is 11.3. The van der Waals surface area contributed by atoms with Crippen LogP contribution in [-0.2, 0) is 6.54 Å². The van der Waals surface area contributed by atoms with Gasteiger partial charge in [-0.2, -0.15) is 5.11 Å². The topological polar surface area (TPSA) is 113 Å². The minimum atomic E-state index is -0.528. The number of azo groups is 1. The van der Waals surface area contributed by atoms with Crippen LogP contribution in [0.5, 0.6) is 5.75 Å². The van der Waals surface area contributed by atoms with Crippen molar-refractivity contribution in [2.24, 2.45) is 10.2 Å². The summed E-state index contributed by atoms with van der Waals surface area (Å²) in [5.41, 5.74) is 1.53. The maximum Gasteiger partial charge on any atom is 0.336 e. The molecule has 0 bridgehead atoms. The maximum absolute atomic E-state index is 12.8. The van der Waals surface area contributed by atoms with E-state index in [0.29, 0.717) is 27.4 Å². The molecule has 2 aromatic heterocycles. The van der Waals surface area contributed by atoms with Crippen LogP contribution < -0.4 is 11.2 Å². The van der Waals surface area contributed by atoms with Gasteiger partial charge in [0.25, 0.3) is 5.56 Å². The summed E-state index contributed by atoms with van der Waals surface area (Å²) >= 11 is 5.86. The zero-order valence-corrected chi connectivity index (χ0v) is 16.9. The molecule has 8 nitrogen and oxygen atoms in total. The van der Waals surface area contributed by atoms with Crippen molar-refractivity contribution >= 4 is 33.9 Å². The number of nitrogens with zero attached hydrogens (tertiary/aromatic N) is 3. The first-order valence-corrected chi connectivity index (χ1v) is 9.43. The van der Waals surface area contributed by atoms with Crippen LogP contribution in [0.2, 0.25) is 5.02 Å². The summed E-state index contributed by atoms with van der Waals surface area (Å²) < 4.78 is 6.60. The number of aromatic hydroxyl groups is 1. The number of hydrogen-bond donors (Lipinski definition) is 2. The SMILES string of the molecule is Cc1[nH]n(Cc2c(O)ccc3c(C)cc(=O)oc23)c(=O)c1N=Nc1ccc(Cl)cc1. The third kappa shape index (κ3) is 3.65. The molecule has 0 atom stereocenters. The normalized spacial score (nSPS) is 11.6. The molecule has 0 radical (unpaired) electrons. The van der Waals surface area contributed by atoms with Gasteiger partial charge < -0.3 is 9.52 Å². The van der Waals surface area contributed by atoms with E-state index >= 15 is 0 Å². The molecule has 2 N–H and O–H groups in total. The fourth-order valence-electron chi connectivity index (χ4n) is 3.18. The minimum absolute atomic E-state index is 0.0360. The molecule has 0 saturated heterocycles. The summed E-state index contributed by atoms with van der Waals surface area (Å²) in [4.78, 5) is 24.7. The van der Waals surface area contributed by atoms with E-state index in [1.807, 2.05) is 0 Å².